The van der Waals surface area contributed by atoms with Gasteiger partial charge < -0.3 is 15.0 Å². The Balaban J connectivity index is 1.53. The molecule has 0 bridgehead atoms. The molecule has 1 aliphatic heterocycles. The number of aromatic nitrogens is 3. The molecule has 0 fully saturated rings. The number of fused-ring (bicyclic) bond motifs is 1. The van der Waals surface area contributed by atoms with Crippen LogP contribution in [-0.4, -0.2) is 45.2 Å². The summed E-state index contributed by atoms with van der Waals surface area (Å²) in [6.07, 6.45) is 0.117. The summed E-state index contributed by atoms with van der Waals surface area (Å²) in [6.45, 7) is 4.95. The molecule has 3 aromatic rings. The predicted molar refractivity (Wildman–Crippen MR) is 123 cm³/mol. The Kier molecular flexibility index (Phi) is 6.15. The number of hydrogen-bond acceptors (Lipinski definition) is 6. The lowest BCUT2D eigenvalue weighted by molar-refractivity contribution is -0.122. The molecular formula is C23H22ClN5O4. The minimum atomic E-state index is -0.832. The molecular weight excluding hydrogens is 446 g/mol. The molecule has 3 heterocycles. The van der Waals surface area contributed by atoms with Crippen molar-refractivity contribution in [1.82, 2.24) is 14.8 Å². The van der Waals surface area contributed by atoms with Crippen molar-refractivity contribution in [3.8, 4) is 5.82 Å². The van der Waals surface area contributed by atoms with Crippen LogP contribution in [0.4, 0.5) is 11.4 Å². The molecule has 0 saturated carbocycles. The first-order chi connectivity index (χ1) is 15.7. The lowest BCUT2D eigenvalue weighted by Crippen LogP contribution is -2.41. The van der Waals surface area contributed by atoms with E-state index in [0.717, 1.165) is 11.4 Å². The second kappa shape index (κ2) is 9.03. The van der Waals surface area contributed by atoms with Crippen molar-refractivity contribution in [2.75, 3.05) is 16.8 Å². The van der Waals surface area contributed by atoms with Gasteiger partial charge in [0.2, 0.25) is 5.91 Å². The first kappa shape index (κ1) is 22.5. The van der Waals surface area contributed by atoms with Crippen LogP contribution in [0.2, 0.25) is 5.02 Å². The highest BCUT2D eigenvalue weighted by atomic mass is 35.5. The van der Waals surface area contributed by atoms with E-state index in [1.807, 2.05) is 19.9 Å². The van der Waals surface area contributed by atoms with Gasteiger partial charge in [-0.3, -0.25) is 9.59 Å². The number of aryl methyl sites for hydroxylation is 2. The van der Waals surface area contributed by atoms with Gasteiger partial charge in [0.15, 0.2) is 18.1 Å². The number of para-hydroxylation sites is 2. The molecule has 2 amide bonds. The third kappa shape index (κ3) is 4.58. The van der Waals surface area contributed by atoms with Gasteiger partial charge in [0, 0.05) is 18.2 Å². The van der Waals surface area contributed by atoms with Crippen LogP contribution >= 0.6 is 11.6 Å². The van der Waals surface area contributed by atoms with E-state index in [4.69, 9.17) is 16.3 Å². The Morgan fingerprint density at radius 1 is 1.21 bits per heavy atom. The predicted octanol–water partition coefficient (Wildman–Crippen LogP) is 3.46. The van der Waals surface area contributed by atoms with Crippen LogP contribution in [0.15, 0.2) is 42.5 Å². The van der Waals surface area contributed by atoms with Gasteiger partial charge in [0.1, 0.15) is 0 Å². The van der Waals surface area contributed by atoms with Crippen LogP contribution in [-0.2, 0) is 14.3 Å². The molecule has 2 aromatic heterocycles. The number of amides is 2. The molecule has 1 N–H and O–H groups in total. The molecule has 170 valence electrons. The molecule has 33 heavy (non-hydrogen) atoms. The molecule has 1 atom stereocenters. The first-order valence-electron chi connectivity index (χ1n) is 10.3. The zero-order valence-corrected chi connectivity index (χ0v) is 19.1. The maximum atomic E-state index is 13.0. The zero-order chi connectivity index (χ0) is 23.7. The fraction of sp³-hybridized carbons (Fsp3) is 0.261. The summed E-state index contributed by atoms with van der Waals surface area (Å²) in [5, 5.41) is 7.24. The molecule has 1 aliphatic rings. The number of pyridine rings is 1. The summed E-state index contributed by atoms with van der Waals surface area (Å²) in [6, 6.07) is 11.6. The Hall–Kier alpha value is -3.72. The van der Waals surface area contributed by atoms with Gasteiger partial charge in [-0.1, -0.05) is 23.7 Å². The van der Waals surface area contributed by atoms with Crippen molar-refractivity contribution in [3.05, 3.63) is 64.6 Å². The number of rotatable bonds is 4. The van der Waals surface area contributed by atoms with Gasteiger partial charge in [-0.2, -0.15) is 5.10 Å². The summed E-state index contributed by atoms with van der Waals surface area (Å²) < 4.78 is 6.86. The number of anilines is 2. The SMILES string of the molecule is Cc1cc(C)n(-c2ccc(Cl)c(C(=O)OCC(=O)N3c4ccccc4NC(=O)CC3C)n2)n1. The highest BCUT2D eigenvalue weighted by Crippen LogP contribution is 2.31. The fourth-order valence-electron chi connectivity index (χ4n) is 3.79. The van der Waals surface area contributed by atoms with E-state index in [1.54, 1.807) is 41.9 Å². The highest BCUT2D eigenvalue weighted by molar-refractivity contribution is 6.33. The van der Waals surface area contributed by atoms with Crippen molar-refractivity contribution in [2.45, 2.75) is 33.2 Å². The fourth-order valence-corrected chi connectivity index (χ4v) is 3.97. The number of nitrogens with zero attached hydrogens (tertiary/aromatic N) is 4. The standard InChI is InChI=1S/C23H22ClN5O4/c1-13-10-15(3)29(27-13)19-9-8-16(24)22(26-19)23(32)33-12-21(31)28-14(2)11-20(30)25-17-6-4-5-7-18(17)28/h4-10,14H,11-12H2,1-3H3,(H,25,30). The second-order valence-corrected chi connectivity index (χ2v) is 8.20. The minimum absolute atomic E-state index is 0.0982. The molecule has 4 rings (SSSR count). The lowest BCUT2D eigenvalue weighted by Gasteiger charge is -2.27. The summed E-state index contributed by atoms with van der Waals surface area (Å²) in [5.74, 6) is -1.09. The summed E-state index contributed by atoms with van der Waals surface area (Å²) in [7, 11) is 0. The molecule has 0 radical (unpaired) electrons. The number of benzene rings is 1. The number of carbonyl (C=O) groups is 3. The minimum Gasteiger partial charge on any atom is -0.451 e. The van der Waals surface area contributed by atoms with Crippen molar-refractivity contribution < 1.29 is 19.1 Å². The number of nitrogens with one attached hydrogen (secondary N) is 1. The smallest absolute Gasteiger partial charge is 0.359 e. The Bertz CT molecular complexity index is 1260. The molecule has 9 nitrogen and oxygen atoms in total. The van der Waals surface area contributed by atoms with Crippen molar-refractivity contribution in [1.29, 1.82) is 0 Å². The van der Waals surface area contributed by atoms with Gasteiger partial charge >= 0.3 is 5.97 Å². The largest absolute Gasteiger partial charge is 0.451 e. The van der Waals surface area contributed by atoms with E-state index >= 15 is 0 Å². The third-order valence-electron chi connectivity index (χ3n) is 5.21. The van der Waals surface area contributed by atoms with E-state index in [-0.39, 0.29) is 23.0 Å². The van der Waals surface area contributed by atoms with Crippen LogP contribution in [0.5, 0.6) is 0 Å². The maximum Gasteiger partial charge on any atom is 0.359 e. The summed E-state index contributed by atoms with van der Waals surface area (Å²) in [4.78, 5) is 43.6. The number of ether oxygens (including phenoxy) is 1. The molecule has 0 aliphatic carbocycles. The molecule has 1 aromatic carbocycles. The molecule has 1 unspecified atom stereocenters. The molecule has 10 heteroatoms. The van der Waals surface area contributed by atoms with Gasteiger partial charge in [-0.25, -0.2) is 14.5 Å². The number of hydrogen-bond donors (Lipinski definition) is 1. The van der Waals surface area contributed by atoms with E-state index in [2.05, 4.69) is 15.4 Å². The van der Waals surface area contributed by atoms with Crippen LogP contribution in [0, 0.1) is 13.8 Å². The summed E-state index contributed by atoms with van der Waals surface area (Å²) in [5.41, 5.74) is 2.59. The first-order valence-corrected chi connectivity index (χ1v) is 10.7. The van der Waals surface area contributed by atoms with Crippen LogP contribution in [0.3, 0.4) is 0 Å². The molecule has 0 saturated heterocycles. The Labute approximate surface area is 195 Å². The van der Waals surface area contributed by atoms with Crippen molar-refractivity contribution in [3.63, 3.8) is 0 Å². The number of esters is 1. The quantitative estimate of drug-likeness (QED) is 0.589. The van der Waals surface area contributed by atoms with E-state index < -0.39 is 24.5 Å². The topological polar surface area (TPSA) is 106 Å². The van der Waals surface area contributed by atoms with E-state index in [0.29, 0.717) is 17.2 Å². The zero-order valence-electron chi connectivity index (χ0n) is 18.3. The van der Waals surface area contributed by atoms with Crippen LogP contribution < -0.4 is 10.2 Å². The Morgan fingerprint density at radius 2 is 1.97 bits per heavy atom. The third-order valence-corrected chi connectivity index (χ3v) is 5.51. The van der Waals surface area contributed by atoms with E-state index in [9.17, 15) is 14.4 Å². The number of halogens is 1. The van der Waals surface area contributed by atoms with E-state index in [1.165, 1.54) is 11.0 Å². The van der Waals surface area contributed by atoms with Gasteiger partial charge in [-0.05, 0) is 51.1 Å². The van der Waals surface area contributed by atoms with Gasteiger partial charge in [0.25, 0.3) is 5.91 Å². The maximum absolute atomic E-state index is 13.0. The average molecular weight is 468 g/mol. The van der Waals surface area contributed by atoms with Crippen LogP contribution in [0.1, 0.15) is 35.2 Å². The van der Waals surface area contributed by atoms with Crippen molar-refractivity contribution in [2.24, 2.45) is 0 Å². The lowest BCUT2D eigenvalue weighted by atomic mass is 10.1. The van der Waals surface area contributed by atoms with Crippen LogP contribution in [0.25, 0.3) is 5.82 Å². The average Bonchev–Trinajstić information content (AvgIpc) is 3.04. The second-order valence-electron chi connectivity index (χ2n) is 7.80. The Morgan fingerprint density at radius 3 is 2.70 bits per heavy atom. The van der Waals surface area contributed by atoms with Crippen molar-refractivity contribution >= 4 is 40.8 Å². The molecule has 0 spiro atoms. The number of carbonyl (C=O) groups excluding carboxylic acids is 3. The highest BCUT2D eigenvalue weighted by Gasteiger charge is 2.30. The summed E-state index contributed by atoms with van der Waals surface area (Å²) >= 11 is 6.18. The monoisotopic (exact) mass is 467 g/mol. The normalized spacial score (nSPS) is 15.5. The van der Waals surface area contributed by atoms with Gasteiger partial charge in [0.05, 0.1) is 22.1 Å². The van der Waals surface area contributed by atoms with Gasteiger partial charge in [-0.15, -0.1) is 0 Å².